The van der Waals surface area contributed by atoms with E-state index < -0.39 is 0 Å². The van der Waals surface area contributed by atoms with Gasteiger partial charge in [0.1, 0.15) is 0 Å². The minimum absolute atomic E-state index is 0.129. The summed E-state index contributed by atoms with van der Waals surface area (Å²) in [6.45, 7) is 7.01. The number of hydrogen-bond acceptors (Lipinski definition) is 3. The smallest absolute Gasteiger partial charge is 0.0682 e. The van der Waals surface area contributed by atoms with Gasteiger partial charge in [0, 0.05) is 26.2 Å². The van der Waals surface area contributed by atoms with Crippen molar-refractivity contribution >= 4 is 0 Å². The Morgan fingerprint density at radius 1 is 1.50 bits per heavy atom. The molecule has 1 N–H and O–H groups in total. The van der Waals surface area contributed by atoms with Crippen LogP contribution in [0.3, 0.4) is 0 Å². The van der Waals surface area contributed by atoms with Gasteiger partial charge < -0.3 is 9.84 Å². The molecule has 1 rings (SSSR count). The lowest BCUT2D eigenvalue weighted by Crippen LogP contribution is -2.33. The van der Waals surface area contributed by atoms with E-state index in [-0.39, 0.29) is 6.10 Å². The molecule has 0 aromatic rings. The molecule has 0 aromatic heterocycles. The molecule has 1 heterocycles. The number of ether oxygens (including phenoxy) is 1. The van der Waals surface area contributed by atoms with Crippen molar-refractivity contribution < 1.29 is 9.84 Å². The molecule has 3 nitrogen and oxygen atoms in total. The Bertz CT molecular complexity index is 161. The van der Waals surface area contributed by atoms with Gasteiger partial charge in [0.2, 0.25) is 0 Å². The monoisotopic (exact) mass is 201 g/mol. The molecular formula is C11H23NO2. The summed E-state index contributed by atoms with van der Waals surface area (Å²) in [7, 11) is 1.73. The minimum Gasteiger partial charge on any atom is -0.392 e. The second-order valence-electron chi connectivity index (χ2n) is 4.66. The van der Waals surface area contributed by atoms with Crippen LogP contribution in [0, 0.1) is 5.92 Å². The third-order valence-corrected chi connectivity index (χ3v) is 2.83. The molecule has 0 aromatic carbocycles. The van der Waals surface area contributed by atoms with Crippen LogP contribution in [-0.2, 0) is 4.74 Å². The first-order valence-electron chi connectivity index (χ1n) is 5.54. The maximum atomic E-state index is 9.60. The molecule has 0 aliphatic carbocycles. The van der Waals surface area contributed by atoms with Crippen molar-refractivity contribution in [1.82, 2.24) is 4.90 Å². The second-order valence-corrected chi connectivity index (χ2v) is 4.66. The number of nitrogens with zero attached hydrogens (tertiary/aromatic N) is 1. The van der Waals surface area contributed by atoms with Crippen LogP contribution >= 0.6 is 0 Å². The zero-order valence-corrected chi connectivity index (χ0v) is 9.57. The Balaban J connectivity index is 2.37. The molecular weight excluding hydrogens is 178 g/mol. The molecule has 0 bridgehead atoms. The summed E-state index contributed by atoms with van der Waals surface area (Å²) in [6.07, 6.45) is 1.98. The summed E-state index contributed by atoms with van der Waals surface area (Å²) < 4.78 is 5.07. The maximum Gasteiger partial charge on any atom is 0.0682 e. The number of β-amino-alcohol motifs (C(OH)–C–C–N with tert-alkyl or cyclic N) is 1. The predicted octanol–water partition coefficient (Wildman–Crippen LogP) is 1.11. The van der Waals surface area contributed by atoms with Crippen LogP contribution in [0.4, 0.5) is 0 Å². The highest BCUT2D eigenvalue weighted by molar-refractivity contribution is 4.85. The van der Waals surface area contributed by atoms with Crippen LogP contribution < -0.4 is 0 Å². The average molecular weight is 201 g/mol. The molecule has 0 amide bonds. The Kier molecular flexibility index (Phi) is 4.85. The zero-order chi connectivity index (χ0) is 10.6. The lowest BCUT2D eigenvalue weighted by molar-refractivity contribution is 0.125. The lowest BCUT2D eigenvalue weighted by Gasteiger charge is -2.24. The van der Waals surface area contributed by atoms with Crippen LogP contribution in [0.5, 0.6) is 0 Å². The Morgan fingerprint density at radius 2 is 2.21 bits per heavy atom. The van der Waals surface area contributed by atoms with Crippen LogP contribution in [0.2, 0.25) is 0 Å². The molecule has 2 atom stereocenters. The number of rotatable bonds is 5. The fraction of sp³-hybridized carbons (Fsp3) is 1.00. The van der Waals surface area contributed by atoms with Crippen molar-refractivity contribution in [2.75, 3.05) is 26.8 Å². The predicted molar refractivity (Wildman–Crippen MR) is 57.3 cm³/mol. The van der Waals surface area contributed by atoms with E-state index in [0.29, 0.717) is 12.0 Å². The molecule has 3 heteroatoms. The van der Waals surface area contributed by atoms with Gasteiger partial charge in [-0.1, -0.05) is 13.8 Å². The van der Waals surface area contributed by atoms with E-state index in [1.54, 1.807) is 7.11 Å². The van der Waals surface area contributed by atoms with E-state index in [0.717, 1.165) is 26.1 Å². The SMILES string of the molecule is COCCN1CC(O)CC1CC(C)C. The lowest BCUT2D eigenvalue weighted by atomic mass is 10.0. The van der Waals surface area contributed by atoms with Crippen LogP contribution in [0.1, 0.15) is 26.7 Å². The minimum atomic E-state index is -0.129. The van der Waals surface area contributed by atoms with Gasteiger partial charge in [-0.05, 0) is 18.8 Å². The van der Waals surface area contributed by atoms with Gasteiger partial charge in [-0.3, -0.25) is 4.90 Å². The molecule has 1 saturated heterocycles. The number of aliphatic hydroxyl groups excluding tert-OH is 1. The van der Waals surface area contributed by atoms with Gasteiger partial charge in [-0.15, -0.1) is 0 Å². The highest BCUT2D eigenvalue weighted by atomic mass is 16.5. The topological polar surface area (TPSA) is 32.7 Å². The molecule has 1 fully saturated rings. The van der Waals surface area contributed by atoms with E-state index in [4.69, 9.17) is 4.74 Å². The summed E-state index contributed by atoms with van der Waals surface area (Å²) in [5, 5.41) is 9.60. The second kappa shape index (κ2) is 5.69. The van der Waals surface area contributed by atoms with E-state index in [1.165, 1.54) is 6.42 Å². The standard InChI is InChI=1S/C11H23NO2/c1-9(2)6-10-7-11(13)8-12(10)4-5-14-3/h9-11,13H,4-8H2,1-3H3. The largest absolute Gasteiger partial charge is 0.392 e. The molecule has 84 valence electrons. The van der Waals surface area contributed by atoms with E-state index in [9.17, 15) is 5.11 Å². The average Bonchev–Trinajstić information content (AvgIpc) is 2.41. The third kappa shape index (κ3) is 3.56. The zero-order valence-electron chi connectivity index (χ0n) is 9.57. The van der Waals surface area contributed by atoms with Gasteiger partial charge in [0.05, 0.1) is 12.7 Å². The van der Waals surface area contributed by atoms with Gasteiger partial charge in [0.25, 0.3) is 0 Å². The molecule has 0 saturated carbocycles. The Labute approximate surface area is 87.1 Å². The van der Waals surface area contributed by atoms with E-state index in [2.05, 4.69) is 18.7 Å². The Hall–Kier alpha value is -0.120. The van der Waals surface area contributed by atoms with Crippen molar-refractivity contribution in [2.45, 2.75) is 38.8 Å². The Morgan fingerprint density at radius 3 is 2.79 bits per heavy atom. The normalized spacial score (nSPS) is 28.9. The van der Waals surface area contributed by atoms with Crippen molar-refractivity contribution in [3.63, 3.8) is 0 Å². The highest BCUT2D eigenvalue weighted by Gasteiger charge is 2.30. The fourth-order valence-corrected chi connectivity index (χ4v) is 2.23. The molecule has 1 aliphatic rings. The summed E-state index contributed by atoms with van der Waals surface area (Å²) in [6, 6.07) is 0.556. The first-order chi connectivity index (χ1) is 6.63. The van der Waals surface area contributed by atoms with Gasteiger partial charge in [0.15, 0.2) is 0 Å². The van der Waals surface area contributed by atoms with Crippen molar-refractivity contribution in [1.29, 1.82) is 0 Å². The van der Waals surface area contributed by atoms with Crippen LogP contribution in [0.25, 0.3) is 0 Å². The third-order valence-electron chi connectivity index (χ3n) is 2.83. The molecule has 14 heavy (non-hydrogen) atoms. The fourth-order valence-electron chi connectivity index (χ4n) is 2.23. The van der Waals surface area contributed by atoms with E-state index in [1.807, 2.05) is 0 Å². The van der Waals surface area contributed by atoms with Crippen LogP contribution in [-0.4, -0.2) is 49.0 Å². The molecule has 0 radical (unpaired) electrons. The van der Waals surface area contributed by atoms with Gasteiger partial charge in [-0.25, -0.2) is 0 Å². The quantitative estimate of drug-likeness (QED) is 0.723. The van der Waals surface area contributed by atoms with Gasteiger partial charge in [-0.2, -0.15) is 0 Å². The molecule has 0 spiro atoms. The maximum absolute atomic E-state index is 9.60. The van der Waals surface area contributed by atoms with Crippen molar-refractivity contribution in [3.8, 4) is 0 Å². The summed E-state index contributed by atoms with van der Waals surface area (Å²) in [4.78, 5) is 2.36. The highest BCUT2D eigenvalue weighted by Crippen LogP contribution is 2.23. The van der Waals surface area contributed by atoms with Crippen molar-refractivity contribution in [2.24, 2.45) is 5.92 Å². The van der Waals surface area contributed by atoms with E-state index >= 15 is 0 Å². The first-order valence-corrected chi connectivity index (χ1v) is 5.54. The first kappa shape index (κ1) is 12.0. The summed E-state index contributed by atoms with van der Waals surface area (Å²) >= 11 is 0. The van der Waals surface area contributed by atoms with Gasteiger partial charge >= 0.3 is 0 Å². The molecule has 2 unspecified atom stereocenters. The number of aliphatic hydroxyl groups is 1. The molecule has 1 aliphatic heterocycles. The number of methoxy groups -OCH3 is 1. The van der Waals surface area contributed by atoms with Crippen molar-refractivity contribution in [3.05, 3.63) is 0 Å². The summed E-state index contributed by atoms with van der Waals surface area (Å²) in [5.74, 6) is 0.704. The van der Waals surface area contributed by atoms with Crippen LogP contribution in [0.15, 0.2) is 0 Å². The summed E-state index contributed by atoms with van der Waals surface area (Å²) in [5.41, 5.74) is 0. The number of hydrogen-bond donors (Lipinski definition) is 1. The number of likely N-dealkylation sites (tertiary alicyclic amines) is 1.